The molecule has 0 spiro atoms. The third-order valence-electron chi connectivity index (χ3n) is 3.34. The number of nitrogen functional groups attached to an aromatic ring is 1. The van der Waals surface area contributed by atoms with E-state index in [1.54, 1.807) is 21.1 Å². The highest BCUT2D eigenvalue weighted by atomic mass is 32.1. The van der Waals surface area contributed by atoms with Crippen molar-refractivity contribution in [2.45, 2.75) is 13.5 Å². The molecule has 0 radical (unpaired) electrons. The Morgan fingerprint density at radius 3 is 2.85 bits per heavy atom. The molecule has 20 heavy (non-hydrogen) atoms. The van der Waals surface area contributed by atoms with Gasteiger partial charge in [-0.3, -0.25) is 4.90 Å². The standard InChI is InChI=1S/C14H16N4OS/c1-10-16-11(9-20-10)8-17-6-7-18(14(17)19)13-5-3-2-4-12(13)15/h2-5,9H,6-8,15H2,1H3. The Labute approximate surface area is 121 Å². The summed E-state index contributed by atoms with van der Waals surface area (Å²) >= 11 is 1.61. The third kappa shape index (κ3) is 2.34. The highest BCUT2D eigenvalue weighted by molar-refractivity contribution is 7.09. The minimum absolute atomic E-state index is 0.00597. The number of aromatic nitrogens is 1. The van der Waals surface area contributed by atoms with Gasteiger partial charge in [0.25, 0.3) is 0 Å². The van der Waals surface area contributed by atoms with Crippen LogP contribution in [0.1, 0.15) is 10.7 Å². The van der Waals surface area contributed by atoms with E-state index in [-0.39, 0.29) is 6.03 Å². The van der Waals surface area contributed by atoms with Crippen molar-refractivity contribution < 1.29 is 4.79 Å². The number of urea groups is 1. The summed E-state index contributed by atoms with van der Waals surface area (Å²) in [5.74, 6) is 0. The largest absolute Gasteiger partial charge is 0.397 e. The summed E-state index contributed by atoms with van der Waals surface area (Å²) in [6.45, 7) is 3.89. The maximum absolute atomic E-state index is 12.4. The second kappa shape index (κ2) is 5.13. The highest BCUT2D eigenvalue weighted by Gasteiger charge is 2.30. The lowest BCUT2D eigenvalue weighted by atomic mass is 10.2. The van der Waals surface area contributed by atoms with Gasteiger partial charge < -0.3 is 10.6 Å². The number of hydrogen-bond acceptors (Lipinski definition) is 4. The van der Waals surface area contributed by atoms with Crippen LogP contribution < -0.4 is 10.6 Å². The van der Waals surface area contributed by atoms with E-state index in [0.29, 0.717) is 25.3 Å². The quantitative estimate of drug-likeness (QED) is 0.883. The molecule has 1 aromatic heterocycles. The van der Waals surface area contributed by atoms with E-state index >= 15 is 0 Å². The Bertz CT molecular complexity index is 640. The van der Waals surface area contributed by atoms with Crippen molar-refractivity contribution in [2.75, 3.05) is 23.7 Å². The minimum Gasteiger partial charge on any atom is -0.397 e. The zero-order valence-corrected chi connectivity index (χ0v) is 12.1. The Morgan fingerprint density at radius 1 is 1.35 bits per heavy atom. The first-order chi connectivity index (χ1) is 9.65. The van der Waals surface area contributed by atoms with E-state index in [4.69, 9.17) is 5.73 Å². The van der Waals surface area contributed by atoms with Crippen molar-refractivity contribution in [1.29, 1.82) is 0 Å². The zero-order chi connectivity index (χ0) is 14.1. The third-order valence-corrected chi connectivity index (χ3v) is 4.16. The first-order valence-electron chi connectivity index (χ1n) is 6.47. The molecule has 1 fully saturated rings. The summed E-state index contributed by atoms with van der Waals surface area (Å²) in [7, 11) is 0. The van der Waals surface area contributed by atoms with Gasteiger partial charge in [0.15, 0.2) is 0 Å². The van der Waals surface area contributed by atoms with Crippen molar-refractivity contribution >= 4 is 28.7 Å². The van der Waals surface area contributed by atoms with Crippen LogP contribution in [0.15, 0.2) is 29.6 Å². The smallest absolute Gasteiger partial charge is 0.325 e. The molecule has 6 heteroatoms. The number of nitrogens with zero attached hydrogens (tertiary/aromatic N) is 3. The molecule has 2 aromatic rings. The van der Waals surface area contributed by atoms with Crippen LogP contribution in [0.2, 0.25) is 0 Å². The Balaban J connectivity index is 1.76. The van der Waals surface area contributed by atoms with Crippen molar-refractivity contribution in [3.05, 3.63) is 40.3 Å². The molecular weight excluding hydrogens is 272 g/mol. The second-order valence-corrected chi connectivity index (χ2v) is 5.83. The maximum atomic E-state index is 12.4. The molecule has 3 rings (SSSR count). The number of hydrogen-bond donors (Lipinski definition) is 1. The average Bonchev–Trinajstić information content (AvgIpc) is 2.99. The van der Waals surface area contributed by atoms with E-state index in [1.807, 2.05) is 36.6 Å². The van der Waals surface area contributed by atoms with Gasteiger partial charge in [-0.05, 0) is 19.1 Å². The van der Waals surface area contributed by atoms with Crippen molar-refractivity contribution in [1.82, 2.24) is 9.88 Å². The summed E-state index contributed by atoms with van der Waals surface area (Å²) in [5.41, 5.74) is 8.31. The Kier molecular flexibility index (Phi) is 3.31. The lowest BCUT2D eigenvalue weighted by Gasteiger charge is -2.19. The fourth-order valence-corrected chi connectivity index (χ4v) is 2.97. The van der Waals surface area contributed by atoms with Gasteiger partial charge >= 0.3 is 6.03 Å². The van der Waals surface area contributed by atoms with E-state index in [1.165, 1.54) is 0 Å². The van der Waals surface area contributed by atoms with Crippen LogP contribution in [0, 0.1) is 6.92 Å². The summed E-state index contributed by atoms with van der Waals surface area (Å²) in [6.07, 6.45) is 0. The number of amides is 2. The van der Waals surface area contributed by atoms with Crippen LogP contribution in [0.4, 0.5) is 16.2 Å². The lowest BCUT2D eigenvalue weighted by Crippen LogP contribution is -2.31. The van der Waals surface area contributed by atoms with Crippen LogP contribution in [-0.4, -0.2) is 29.0 Å². The van der Waals surface area contributed by atoms with Gasteiger partial charge in [-0.1, -0.05) is 12.1 Å². The van der Waals surface area contributed by atoms with Gasteiger partial charge in [0.05, 0.1) is 28.6 Å². The second-order valence-electron chi connectivity index (χ2n) is 4.77. The first-order valence-corrected chi connectivity index (χ1v) is 7.35. The molecule has 0 saturated carbocycles. The molecule has 0 atom stereocenters. The highest BCUT2D eigenvalue weighted by Crippen LogP contribution is 2.27. The van der Waals surface area contributed by atoms with Crippen LogP contribution in [0.25, 0.3) is 0 Å². The maximum Gasteiger partial charge on any atom is 0.325 e. The zero-order valence-electron chi connectivity index (χ0n) is 11.2. The summed E-state index contributed by atoms with van der Waals surface area (Å²) in [5, 5.41) is 3.03. The molecule has 2 amide bonds. The van der Waals surface area contributed by atoms with Crippen LogP contribution >= 0.6 is 11.3 Å². The number of anilines is 2. The van der Waals surface area contributed by atoms with E-state index in [2.05, 4.69) is 4.98 Å². The SMILES string of the molecule is Cc1nc(CN2CCN(c3ccccc3N)C2=O)cs1. The number of carbonyl (C=O) groups is 1. The molecule has 0 unspecified atom stereocenters. The number of rotatable bonds is 3. The first kappa shape index (κ1) is 12.9. The molecule has 5 nitrogen and oxygen atoms in total. The molecule has 0 aliphatic carbocycles. The normalized spacial score (nSPS) is 15.2. The monoisotopic (exact) mass is 288 g/mol. The number of nitrogens with two attached hydrogens (primary N) is 1. The van der Waals surface area contributed by atoms with Crippen molar-refractivity contribution in [2.24, 2.45) is 0 Å². The van der Waals surface area contributed by atoms with Gasteiger partial charge in [-0.2, -0.15) is 0 Å². The van der Waals surface area contributed by atoms with E-state index in [0.717, 1.165) is 16.4 Å². The van der Waals surface area contributed by atoms with Crippen molar-refractivity contribution in [3.8, 4) is 0 Å². The Hall–Kier alpha value is -2.08. The number of benzene rings is 1. The number of para-hydroxylation sites is 2. The molecule has 1 aromatic carbocycles. The van der Waals surface area contributed by atoms with Gasteiger partial charge in [0.2, 0.25) is 0 Å². The molecule has 2 heterocycles. The molecule has 104 valence electrons. The minimum atomic E-state index is -0.00597. The average molecular weight is 288 g/mol. The number of carbonyl (C=O) groups excluding carboxylic acids is 1. The van der Waals surface area contributed by atoms with Gasteiger partial charge in [0, 0.05) is 18.5 Å². The summed E-state index contributed by atoms with van der Waals surface area (Å²) < 4.78 is 0. The van der Waals surface area contributed by atoms with Crippen LogP contribution in [-0.2, 0) is 6.54 Å². The molecule has 0 bridgehead atoms. The molecule has 2 N–H and O–H groups in total. The van der Waals surface area contributed by atoms with Crippen LogP contribution in [0.5, 0.6) is 0 Å². The molecule has 1 aliphatic rings. The van der Waals surface area contributed by atoms with Gasteiger partial charge in [0.1, 0.15) is 0 Å². The van der Waals surface area contributed by atoms with Crippen LogP contribution in [0.3, 0.4) is 0 Å². The van der Waals surface area contributed by atoms with Crippen molar-refractivity contribution in [3.63, 3.8) is 0 Å². The van der Waals surface area contributed by atoms with E-state index in [9.17, 15) is 4.79 Å². The molecule has 1 saturated heterocycles. The predicted octanol–water partition coefficient (Wildman–Crippen LogP) is 2.48. The topological polar surface area (TPSA) is 62.5 Å². The number of thiazole rings is 1. The predicted molar refractivity (Wildman–Crippen MR) is 80.9 cm³/mol. The summed E-state index contributed by atoms with van der Waals surface area (Å²) in [6, 6.07) is 7.45. The fraction of sp³-hybridized carbons (Fsp3) is 0.286. The summed E-state index contributed by atoms with van der Waals surface area (Å²) in [4.78, 5) is 20.4. The number of aryl methyl sites for hydroxylation is 1. The molecule has 1 aliphatic heterocycles. The molecular formula is C14H16N4OS. The lowest BCUT2D eigenvalue weighted by molar-refractivity contribution is 0.218. The van der Waals surface area contributed by atoms with E-state index < -0.39 is 0 Å². The Morgan fingerprint density at radius 2 is 2.15 bits per heavy atom. The fourth-order valence-electron chi connectivity index (χ4n) is 2.36. The van der Waals surface area contributed by atoms with Gasteiger partial charge in [-0.15, -0.1) is 11.3 Å². The van der Waals surface area contributed by atoms with Gasteiger partial charge in [-0.25, -0.2) is 9.78 Å².